The highest BCUT2D eigenvalue weighted by Gasteiger charge is 2.25. The van der Waals surface area contributed by atoms with Crippen molar-refractivity contribution >= 4 is 11.6 Å². The predicted molar refractivity (Wildman–Crippen MR) is 67.2 cm³/mol. The van der Waals surface area contributed by atoms with Crippen LogP contribution in [0, 0.1) is 0 Å². The summed E-state index contributed by atoms with van der Waals surface area (Å²) < 4.78 is 5.08. The van der Waals surface area contributed by atoms with Crippen LogP contribution in [0.15, 0.2) is 24.3 Å². The van der Waals surface area contributed by atoms with E-state index in [9.17, 15) is 4.79 Å². The van der Waals surface area contributed by atoms with Gasteiger partial charge >= 0.3 is 0 Å². The maximum absolute atomic E-state index is 11.7. The molecule has 0 radical (unpaired) electrons. The van der Waals surface area contributed by atoms with Crippen LogP contribution in [0.3, 0.4) is 0 Å². The molecule has 2 rings (SSSR count). The Labute approximate surface area is 101 Å². The molecule has 0 aromatic heterocycles. The van der Waals surface area contributed by atoms with Gasteiger partial charge in [-0.3, -0.25) is 4.79 Å². The molecule has 1 fully saturated rings. The van der Waals surface area contributed by atoms with Crippen molar-refractivity contribution in [2.75, 3.05) is 12.4 Å². The van der Waals surface area contributed by atoms with E-state index >= 15 is 0 Å². The molecular formula is C13H18N2O2. The van der Waals surface area contributed by atoms with Crippen LogP contribution in [-0.2, 0) is 4.79 Å². The zero-order chi connectivity index (χ0) is 12.3. The molecule has 1 saturated carbocycles. The summed E-state index contributed by atoms with van der Waals surface area (Å²) in [6.07, 6.45) is 2.22. The summed E-state index contributed by atoms with van der Waals surface area (Å²) in [4.78, 5) is 11.7. The highest BCUT2D eigenvalue weighted by Crippen LogP contribution is 2.19. The minimum absolute atomic E-state index is 0.0586. The van der Waals surface area contributed by atoms with Crippen molar-refractivity contribution in [3.05, 3.63) is 24.3 Å². The van der Waals surface area contributed by atoms with Crippen LogP contribution in [0.1, 0.15) is 19.8 Å². The Balaban J connectivity index is 1.87. The number of rotatable bonds is 5. The molecule has 0 saturated heterocycles. The third kappa shape index (κ3) is 3.37. The van der Waals surface area contributed by atoms with Gasteiger partial charge in [0.15, 0.2) is 0 Å². The van der Waals surface area contributed by atoms with E-state index in [1.165, 1.54) is 0 Å². The van der Waals surface area contributed by atoms with Crippen molar-refractivity contribution < 1.29 is 9.53 Å². The molecular weight excluding hydrogens is 216 g/mol. The van der Waals surface area contributed by atoms with Gasteiger partial charge in [-0.15, -0.1) is 0 Å². The predicted octanol–water partition coefficient (Wildman–Crippen LogP) is 1.77. The van der Waals surface area contributed by atoms with Gasteiger partial charge in [0.1, 0.15) is 11.8 Å². The van der Waals surface area contributed by atoms with Crippen LogP contribution >= 0.6 is 0 Å². The third-order valence-electron chi connectivity index (χ3n) is 2.79. The summed E-state index contributed by atoms with van der Waals surface area (Å²) in [5.41, 5.74) is 0.921. The van der Waals surface area contributed by atoms with E-state index in [4.69, 9.17) is 4.74 Å². The van der Waals surface area contributed by atoms with Crippen molar-refractivity contribution in [3.63, 3.8) is 0 Å². The second-order valence-electron chi connectivity index (χ2n) is 4.38. The van der Waals surface area contributed by atoms with Crippen LogP contribution < -0.4 is 15.4 Å². The molecule has 2 N–H and O–H groups in total. The van der Waals surface area contributed by atoms with Crippen molar-refractivity contribution in [2.45, 2.75) is 31.8 Å². The Kier molecular flexibility index (Phi) is 3.52. The van der Waals surface area contributed by atoms with E-state index in [0.717, 1.165) is 24.3 Å². The standard InChI is InChI=1S/C13H18N2O2/c1-9(13(16)15-11-3-4-11)14-10-5-7-12(17-2)8-6-10/h5-9,11,14H,3-4H2,1-2H3,(H,15,16). The lowest BCUT2D eigenvalue weighted by atomic mass is 10.2. The summed E-state index contributed by atoms with van der Waals surface area (Å²) in [6.45, 7) is 1.86. The lowest BCUT2D eigenvalue weighted by molar-refractivity contribution is -0.121. The minimum atomic E-state index is -0.219. The highest BCUT2D eigenvalue weighted by atomic mass is 16.5. The molecule has 17 heavy (non-hydrogen) atoms. The summed E-state index contributed by atoms with van der Waals surface area (Å²) in [7, 11) is 1.63. The Bertz CT molecular complexity index is 385. The van der Waals surface area contributed by atoms with Crippen molar-refractivity contribution in [1.29, 1.82) is 0 Å². The maximum Gasteiger partial charge on any atom is 0.242 e. The van der Waals surface area contributed by atoms with Gasteiger partial charge in [0.05, 0.1) is 7.11 Å². The van der Waals surface area contributed by atoms with Crippen LogP contribution in [0.2, 0.25) is 0 Å². The molecule has 0 spiro atoms. The van der Waals surface area contributed by atoms with Gasteiger partial charge < -0.3 is 15.4 Å². The van der Waals surface area contributed by atoms with Crippen LogP contribution in [0.5, 0.6) is 5.75 Å². The van der Waals surface area contributed by atoms with Gasteiger partial charge in [-0.2, -0.15) is 0 Å². The lowest BCUT2D eigenvalue weighted by Gasteiger charge is -2.15. The molecule has 1 aliphatic carbocycles. The van der Waals surface area contributed by atoms with Gasteiger partial charge in [-0.1, -0.05) is 0 Å². The monoisotopic (exact) mass is 234 g/mol. The third-order valence-corrected chi connectivity index (χ3v) is 2.79. The van der Waals surface area contributed by atoms with Gasteiger partial charge in [0.25, 0.3) is 0 Å². The number of ether oxygens (including phenoxy) is 1. The van der Waals surface area contributed by atoms with Crippen molar-refractivity contribution in [1.82, 2.24) is 5.32 Å². The zero-order valence-corrected chi connectivity index (χ0v) is 10.2. The van der Waals surface area contributed by atoms with Crippen LogP contribution in [0.25, 0.3) is 0 Å². The van der Waals surface area contributed by atoms with E-state index in [-0.39, 0.29) is 11.9 Å². The van der Waals surface area contributed by atoms with E-state index in [1.54, 1.807) is 7.11 Å². The Morgan fingerprint density at radius 2 is 2.00 bits per heavy atom. The lowest BCUT2D eigenvalue weighted by Crippen LogP contribution is -2.38. The van der Waals surface area contributed by atoms with Gasteiger partial charge in [-0.05, 0) is 44.0 Å². The summed E-state index contributed by atoms with van der Waals surface area (Å²) in [6, 6.07) is 7.73. The number of benzene rings is 1. The molecule has 1 aromatic rings. The van der Waals surface area contributed by atoms with E-state index < -0.39 is 0 Å². The Morgan fingerprint density at radius 1 is 1.35 bits per heavy atom. The molecule has 4 nitrogen and oxygen atoms in total. The van der Waals surface area contributed by atoms with Crippen molar-refractivity contribution in [2.24, 2.45) is 0 Å². The molecule has 1 amide bonds. The Hall–Kier alpha value is -1.71. The number of hydrogen-bond acceptors (Lipinski definition) is 3. The smallest absolute Gasteiger partial charge is 0.242 e. The summed E-state index contributed by atoms with van der Waals surface area (Å²) >= 11 is 0. The van der Waals surface area contributed by atoms with E-state index in [1.807, 2.05) is 31.2 Å². The average Bonchev–Trinajstić information content (AvgIpc) is 3.14. The molecule has 1 unspecified atom stereocenters. The van der Waals surface area contributed by atoms with Gasteiger partial charge in [0.2, 0.25) is 5.91 Å². The van der Waals surface area contributed by atoms with E-state index in [2.05, 4.69) is 10.6 Å². The molecule has 0 heterocycles. The SMILES string of the molecule is COc1ccc(NC(C)C(=O)NC2CC2)cc1. The Morgan fingerprint density at radius 3 is 2.53 bits per heavy atom. The maximum atomic E-state index is 11.7. The first-order chi connectivity index (χ1) is 8.19. The summed E-state index contributed by atoms with van der Waals surface area (Å²) in [5, 5.41) is 6.13. The van der Waals surface area contributed by atoms with E-state index in [0.29, 0.717) is 6.04 Å². The van der Waals surface area contributed by atoms with Crippen molar-refractivity contribution in [3.8, 4) is 5.75 Å². The second kappa shape index (κ2) is 5.08. The largest absolute Gasteiger partial charge is 0.497 e. The normalized spacial score (nSPS) is 16.1. The fraction of sp³-hybridized carbons (Fsp3) is 0.462. The first kappa shape index (κ1) is 11.8. The number of nitrogens with one attached hydrogen (secondary N) is 2. The fourth-order valence-corrected chi connectivity index (χ4v) is 1.56. The number of methoxy groups -OCH3 is 1. The fourth-order valence-electron chi connectivity index (χ4n) is 1.56. The van der Waals surface area contributed by atoms with Crippen LogP contribution in [0.4, 0.5) is 5.69 Å². The molecule has 92 valence electrons. The minimum Gasteiger partial charge on any atom is -0.497 e. The molecule has 0 aliphatic heterocycles. The number of hydrogen-bond donors (Lipinski definition) is 2. The summed E-state index contributed by atoms with van der Waals surface area (Å²) in [5.74, 6) is 0.869. The first-order valence-electron chi connectivity index (χ1n) is 5.90. The second-order valence-corrected chi connectivity index (χ2v) is 4.38. The molecule has 1 atom stereocenters. The number of carbonyl (C=O) groups is 1. The molecule has 4 heteroatoms. The average molecular weight is 234 g/mol. The topological polar surface area (TPSA) is 50.4 Å². The molecule has 1 aliphatic rings. The first-order valence-corrected chi connectivity index (χ1v) is 5.90. The quantitative estimate of drug-likeness (QED) is 0.816. The van der Waals surface area contributed by atoms with Gasteiger partial charge in [-0.25, -0.2) is 0 Å². The molecule has 0 bridgehead atoms. The van der Waals surface area contributed by atoms with Crippen LogP contribution in [-0.4, -0.2) is 25.1 Å². The number of amides is 1. The highest BCUT2D eigenvalue weighted by molar-refractivity contribution is 5.84. The number of anilines is 1. The zero-order valence-electron chi connectivity index (χ0n) is 10.2. The van der Waals surface area contributed by atoms with Gasteiger partial charge in [0, 0.05) is 11.7 Å². The number of carbonyl (C=O) groups excluding carboxylic acids is 1. The molecule has 1 aromatic carbocycles.